The summed E-state index contributed by atoms with van der Waals surface area (Å²) >= 11 is 0. The van der Waals surface area contributed by atoms with E-state index in [-0.39, 0.29) is 11.7 Å². The maximum atomic E-state index is 12.9. The fraction of sp³-hybridized carbons (Fsp3) is 0. The lowest BCUT2D eigenvalue weighted by Crippen LogP contribution is -2.11. The number of amides is 1. The lowest BCUT2D eigenvalue weighted by atomic mass is 10.1. The monoisotopic (exact) mass is 317 g/mol. The number of benzene rings is 3. The molecule has 0 aliphatic heterocycles. The van der Waals surface area contributed by atoms with E-state index in [9.17, 15) is 9.18 Å². The van der Waals surface area contributed by atoms with Crippen LogP contribution in [0.1, 0.15) is 21.5 Å². The van der Waals surface area contributed by atoms with E-state index in [0.717, 1.165) is 16.8 Å². The predicted octanol–water partition coefficient (Wildman–Crippen LogP) is 5.25. The molecule has 2 nitrogen and oxygen atoms in total. The number of nitrogens with one attached hydrogen (secondary N) is 1. The van der Waals surface area contributed by atoms with Gasteiger partial charge in [-0.3, -0.25) is 4.79 Å². The van der Waals surface area contributed by atoms with E-state index in [0.29, 0.717) is 5.56 Å². The molecule has 3 rings (SSSR count). The number of carbonyl (C=O) groups is 1. The van der Waals surface area contributed by atoms with Crippen LogP contribution in [0.5, 0.6) is 0 Å². The smallest absolute Gasteiger partial charge is 0.255 e. The van der Waals surface area contributed by atoms with Gasteiger partial charge in [-0.15, -0.1) is 0 Å². The summed E-state index contributed by atoms with van der Waals surface area (Å²) in [6.07, 6.45) is 3.85. The van der Waals surface area contributed by atoms with Crippen molar-refractivity contribution in [2.75, 3.05) is 5.32 Å². The first kappa shape index (κ1) is 15.7. The summed E-state index contributed by atoms with van der Waals surface area (Å²) in [7, 11) is 0. The minimum absolute atomic E-state index is 0.134. The fourth-order valence-corrected chi connectivity index (χ4v) is 2.24. The van der Waals surface area contributed by atoms with Crippen molar-refractivity contribution in [3.05, 3.63) is 101 Å². The Morgan fingerprint density at radius 2 is 1.29 bits per heavy atom. The molecule has 0 radical (unpaired) electrons. The molecule has 0 fully saturated rings. The van der Waals surface area contributed by atoms with Crippen LogP contribution in [0, 0.1) is 5.82 Å². The van der Waals surface area contributed by atoms with Gasteiger partial charge in [-0.2, -0.15) is 0 Å². The largest absolute Gasteiger partial charge is 0.322 e. The summed E-state index contributed by atoms with van der Waals surface area (Å²) in [5.41, 5.74) is 3.29. The van der Waals surface area contributed by atoms with Crippen molar-refractivity contribution in [1.82, 2.24) is 0 Å². The molecule has 3 heteroatoms. The Kier molecular flexibility index (Phi) is 4.82. The Bertz CT molecular complexity index is 837. The van der Waals surface area contributed by atoms with E-state index in [1.807, 2.05) is 54.6 Å². The van der Waals surface area contributed by atoms with E-state index in [2.05, 4.69) is 5.32 Å². The van der Waals surface area contributed by atoms with Crippen molar-refractivity contribution in [1.29, 1.82) is 0 Å². The van der Waals surface area contributed by atoms with Crippen molar-refractivity contribution >= 4 is 23.7 Å². The van der Waals surface area contributed by atoms with Gasteiger partial charge < -0.3 is 5.32 Å². The molecular formula is C21H16FNO. The zero-order valence-electron chi connectivity index (χ0n) is 12.9. The molecule has 118 valence electrons. The Balaban J connectivity index is 1.65. The van der Waals surface area contributed by atoms with E-state index in [4.69, 9.17) is 0 Å². The highest BCUT2D eigenvalue weighted by Crippen LogP contribution is 2.14. The second-order valence-corrected chi connectivity index (χ2v) is 5.33. The van der Waals surface area contributed by atoms with E-state index < -0.39 is 0 Å². The lowest BCUT2D eigenvalue weighted by Gasteiger charge is -2.05. The molecule has 3 aromatic rings. The zero-order valence-corrected chi connectivity index (χ0v) is 12.9. The molecule has 1 N–H and O–H groups in total. The Morgan fingerprint density at radius 1 is 0.750 bits per heavy atom. The van der Waals surface area contributed by atoms with Gasteiger partial charge in [0.1, 0.15) is 5.82 Å². The van der Waals surface area contributed by atoms with Crippen LogP contribution in [0.25, 0.3) is 12.2 Å². The highest BCUT2D eigenvalue weighted by Gasteiger charge is 2.04. The normalized spacial score (nSPS) is 10.7. The molecule has 3 aromatic carbocycles. The van der Waals surface area contributed by atoms with Crippen LogP contribution in [-0.2, 0) is 0 Å². The van der Waals surface area contributed by atoms with Gasteiger partial charge in [0.05, 0.1) is 0 Å². The minimum atomic E-state index is -0.245. The van der Waals surface area contributed by atoms with Crippen molar-refractivity contribution in [3.63, 3.8) is 0 Å². The van der Waals surface area contributed by atoms with Crippen molar-refractivity contribution < 1.29 is 9.18 Å². The summed E-state index contributed by atoms with van der Waals surface area (Å²) in [5, 5.41) is 2.86. The summed E-state index contributed by atoms with van der Waals surface area (Å²) in [6, 6.07) is 22.9. The number of hydrogen-bond donors (Lipinski definition) is 1. The maximum absolute atomic E-state index is 12.9. The van der Waals surface area contributed by atoms with Crippen molar-refractivity contribution in [3.8, 4) is 0 Å². The number of hydrogen-bond acceptors (Lipinski definition) is 1. The molecule has 0 aliphatic carbocycles. The molecule has 0 atom stereocenters. The number of anilines is 1. The lowest BCUT2D eigenvalue weighted by molar-refractivity contribution is 0.102. The third-order valence-electron chi connectivity index (χ3n) is 3.54. The first-order valence-corrected chi connectivity index (χ1v) is 7.61. The Hall–Kier alpha value is -3.20. The minimum Gasteiger partial charge on any atom is -0.322 e. The number of halogens is 1. The van der Waals surface area contributed by atoms with Gasteiger partial charge in [0.25, 0.3) is 5.91 Å². The second-order valence-electron chi connectivity index (χ2n) is 5.33. The van der Waals surface area contributed by atoms with Crippen LogP contribution in [0.15, 0.2) is 78.9 Å². The molecule has 0 unspecified atom stereocenters. The quantitative estimate of drug-likeness (QED) is 0.654. The van der Waals surface area contributed by atoms with Crippen molar-refractivity contribution in [2.24, 2.45) is 0 Å². The molecule has 0 saturated carbocycles. The summed E-state index contributed by atoms with van der Waals surface area (Å²) in [5.74, 6) is -0.379. The van der Waals surface area contributed by atoms with Crippen LogP contribution < -0.4 is 5.32 Å². The first-order valence-electron chi connectivity index (χ1n) is 7.61. The predicted molar refractivity (Wildman–Crippen MR) is 96.2 cm³/mol. The van der Waals surface area contributed by atoms with Crippen LogP contribution in [0.3, 0.4) is 0 Å². The molecule has 0 aromatic heterocycles. The van der Waals surface area contributed by atoms with Crippen LogP contribution >= 0.6 is 0 Å². The summed E-state index contributed by atoms with van der Waals surface area (Å²) in [4.78, 5) is 12.1. The maximum Gasteiger partial charge on any atom is 0.255 e. The number of rotatable bonds is 4. The van der Waals surface area contributed by atoms with Gasteiger partial charge in [-0.05, 0) is 47.5 Å². The SMILES string of the molecule is O=C(Nc1ccc(/C=C/c2ccc(F)cc2)cc1)c1ccccc1. The van der Waals surface area contributed by atoms with E-state index >= 15 is 0 Å². The van der Waals surface area contributed by atoms with E-state index in [1.54, 1.807) is 24.3 Å². The highest BCUT2D eigenvalue weighted by molar-refractivity contribution is 6.04. The first-order chi connectivity index (χ1) is 11.7. The molecule has 0 spiro atoms. The van der Waals surface area contributed by atoms with Crippen molar-refractivity contribution in [2.45, 2.75) is 0 Å². The van der Waals surface area contributed by atoms with Crippen LogP contribution in [0.4, 0.5) is 10.1 Å². The Labute approximate surface area is 140 Å². The molecule has 1 amide bonds. The zero-order chi connectivity index (χ0) is 16.8. The third kappa shape index (κ3) is 4.17. The average Bonchev–Trinajstić information content (AvgIpc) is 2.63. The molecule has 0 aliphatic rings. The summed E-state index contributed by atoms with van der Waals surface area (Å²) in [6.45, 7) is 0. The third-order valence-corrected chi connectivity index (χ3v) is 3.54. The van der Waals surface area contributed by atoms with Gasteiger partial charge in [0.2, 0.25) is 0 Å². The molecule has 0 saturated heterocycles. The molecule has 0 bridgehead atoms. The fourth-order valence-electron chi connectivity index (χ4n) is 2.24. The van der Waals surface area contributed by atoms with Gasteiger partial charge in [0.15, 0.2) is 0 Å². The molecule has 24 heavy (non-hydrogen) atoms. The molecule has 0 heterocycles. The topological polar surface area (TPSA) is 29.1 Å². The molecular weight excluding hydrogens is 301 g/mol. The van der Waals surface area contributed by atoms with Gasteiger partial charge >= 0.3 is 0 Å². The van der Waals surface area contributed by atoms with E-state index in [1.165, 1.54) is 12.1 Å². The van der Waals surface area contributed by atoms with Gasteiger partial charge in [-0.25, -0.2) is 4.39 Å². The average molecular weight is 317 g/mol. The summed E-state index contributed by atoms with van der Waals surface area (Å²) < 4.78 is 12.9. The van der Waals surface area contributed by atoms with Gasteiger partial charge in [0, 0.05) is 11.3 Å². The van der Waals surface area contributed by atoms with Crippen LogP contribution in [-0.4, -0.2) is 5.91 Å². The standard InChI is InChI=1S/C21H16FNO/c22-19-12-8-16(9-13-19)6-7-17-10-14-20(15-11-17)23-21(24)18-4-2-1-3-5-18/h1-15H,(H,23,24)/b7-6+. The Morgan fingerprint density at radius 3 is 1.88 bits per heavy atom. The highest BCUT2D eigenvalue weighted by atomic mass is 19.1. The second kappa shape index (κ2) is 7.38. The van der Waals surface area contributed by atoms with Crippen LogP contribution in [0.2, 0.25) is 0 Å². The van der Waals surface area contributed by atoms with Gasteiger partial charge in [-0.1, -0.05) is 54.6 Å². The number of carbonyl (C=O) groups excluding carboxylic acids is 1.